The molecule has 1 N–H and O–H groups in total. The Kier molecular flexibility index (Phi) is 4.11. The van der Waals surface area contributed by atoms with Gasteiger partial charge in [0.2, 0.25) is 0 Å². The summed E-state index contributed by atoms with van der Waals surface area (Å²) in [4.78, 5) is 10.5. The van der Waals surface area contributed by atoms with Crippen LogP contribution < -0.4 is 5.32 Å². The zero-order valence-corrected chi connectivity index (χ0v) is 11.8. The topological polar surface area (TPSA) is 58.9 Å². The van der Waals surface area contributed by atoms with E-state index in [1.807, 2.05) is 37.1 Å². The lowest BCUT2D eigenvalue weighted by Gasteiger charge is -2.23. The summed E-state index contributed by atoms with van der Waals surface area (Å²) in [5, 5.41) is 7.57. The number of aromatic nitrogens is 4. The van der Waals surface area contributed by atoms with Crippen LogP contribution in [-0.2, 0) is 7.05 Å². The zero-order valence-electron chi connectivity index (χ0n) is 11.8. The second-order valence-corrected chi connectivity index (χ2v) is 4.85. The van der Waals surface area contributed by atoms with Gasteiger partial charge in [-0.3, -0.25) is 4.68 Å². The molecule has 0 saturated carbocycles. The molecule has 0 aliphatic heterocycles. The molecule has 0 fully saturated rings. The minimum Gasteiger partial charge on any atom is -0.368 e. The lowest BCUT2D eigenvalue weighted by Crippen LogP contribution is -2.26. The van der Waals surface area contributed by atoms with E-state index in [1.165, 1.54) is 5.56 Å². The number of nitrogens with zero attached hydrogens (tertiary/aromatic N) is 5. The number of nitrogens with one attached hydrogen (secondary N) is 1. The Morgan fingerprint density at radius 1 is 1.37 bits per heavy atom. The molecular weight excluding hydrogens is 240 g/mol. The number of hydrogen-bond donors (Lipinski definition) is 1. The summed E-state index contributed by atoms with van der Waals surface area (Å²) in [7, 11) is 6.05. The van der Waals surface area contributed by atoms with Crippen molar-refractivity contribution in [2.24, 2.45) is 7.05 Å². The van der Waals surface area contributed by atoms with Crippen LogP contribution in [0.3, 0.4) is 0 Å². The molecule has 0 aliphatic rings. The second-order valence-electron chi connectivity index (χ2n) is 4.85. The molecule has 0 radical (unpaired) electrons. The minimum absolute atomic E-state index is 0.254. The number of likely N-dealkylation sites (N-methyl/N-ethyl adjacent to an activating group) is 1. The molecule has 6 heteroatoms. The predicted molar refractivity (Wildman–Crippen MR) is 74.9 cm³/mol. The van der Waals surface area contributed by atoms with E-state index in [0.29, 0.717) is 0 Å². The summed E-state index contributed by atoms with van der Waals surface area (Å²) in [6, 6.07) is 2.19. The van der Waals surface area contributed by atoms with Crippen molar-refractivity contribution in [2.75, 3.05) is 26.0 Å². The van der Waals surface area contributed by atoms with Gasteiger partial charge < -0.3 is 10.2 Å². The fraction of sp³-hybridized carbons (Fsp3) is 0.462. The van der Waals surface area contributed by atoms with Gasteiger partial charge in [-0.25, -0.2) is 9.97 Å². The van der Waals surface area contributed by atoms with E-state index in [2.05, 4.69) is 39.4 Å². The second kappa shape index (κ2) is 5.79. The molecule has 102 valence electrons. The lowest BCUT2D eigenvalue weighted by molar-refractivity contribution is 0.311. The molecule has 0 saturated heterocycles. The maximum atomic E-state index is 4.23. The maximum Gasteiger partial charge on any atom is 0.129 e. The molecule has 0 amide bonds. The van der Waals surface area contributed by atoms with E-state index in [1.54, 1.807) is 6.33 Å². The van der Waals surface area contributed by atoms with Crippen LogP contribution in [0.4, 0.5) is 5.82 Å². The summed E-state index contributed by atoms with van der Waals surface area (Å²) in [6.45, 7) is 2.73. The highest BCUT2D eigenvalue weighted by Gasteiger charge is 2.15. The average molecular weight is 260 g/mol. The van der Waals surface area contributed by atoms with Crippen molar-refractivity contribution < 1.29 is 0 Å². The van der Waals surface area contributed by atoms with Crippen LogP contribution >= 0.6 is 0 Å². The SMILES string of the molecule is Cc1cc(NCC(c2cnn(C)c2)N(C)C)ncn1. The van der Waals surface area contributed by atoms with Crippen LogP contribution in [-0.4, -0.2) is 45.3 Å². The smallest absolute Gasteiger partial charge is 0.129 e. The van der Waals surface area contributed by atoms with E-state index in [9.17, 15) is 0 Å². The Labute approximate surface area is 113 Å². The highest BCUT2D eigenvalue weighted by Crippen LogP contribution is 2.17. The third-order valence-electron chi connectivity index (χ3n) is 3.01. The van der Waals surface area contributed by atoms with Crippen molar-refractivity contribution in [1.29, 1.82) is 0 Å². The molecular formula is C13H20N6. The van der Waals surface area contributed by atoms with Gasteiger partial charge in [-0.1, -0.05) is 0 Å². The third kappa shape index (κ3) is 3.51. The molecule has 1 atom stereocenters. The van der Waals surface area contributed by atoms with Gasteiger partial charge in [0, 0.05) is 37.1 Å². The number of aryl methyl sites for hydroxylation is 2. The van der Waals surface area contributed by atoms with Crippen molar-refractivity contribution in [3.8, 4) is 0 Å². The Balaban J connectivity index is 2.06. The number of anilines is 1. The van der Waals surface area contributed by atoms with Crippen molar-refractivity contribution in [1.82, 2.24) is 24.6 Å². The van der Waals surface area contributed by atoms with Gasteiger partial charge >= 0.3 is 0 Å². The van der Waals surface area contributed by atoms with Crippen molar-refractivity contribution >= 4 is 5.82 Å². The largest absolute Gasteiger partial charge is 0.368 e. The van der Waals surface area contributed by atoms with Crippen LogP contribution in [0.25, 0.3) is 0 Å². The quantitative estimate of drug-likeness (QED) is 0.876. The molecule has 0 spiro atoms. The van der Waals surface area contributed by atoms with E-state index < -0.39 is 0 Å². The lowest BCUT2D eigenvalue weighted by atomic mass is 10.1. The van der Waals surface area contributed by atoms with Gasteiger partial charge in [0.25, 0.3) is 0 Å². The summed E-state index contributed by atoms with van der Waals surface area (Å²) in [6.07, 6.45) is 5.52. The normalized spacial score (nSPS) is 12.7. The third-order valence-corrected chi connectivity index (χ3v) is 3.01. The Hall–Kier alpha value is -1.95. The van der Waals surface area contributed by atoms with Gasteiger partial charge in [-0.2, -0.15) is 5.10 Å². The molecule has 2 aromatic rings. The minimum atomic E-state index is 0.254. The van der Waals surface area contributed by atoms with Gasteiger partial charge in [-0.15, -0.1) is 0 Å². The zero-order chi connectivity index (χ0) is 13.8. The Morgan fingerprint density at radius 2 is 2.16 bits per heavy atom. The van der Waals surface area contributed by atoms with Crippen LogP contribution in [0.5, 0.6) is 0 Å². The Morgan fingerprint density at radius 3 is 2.74 bits per heavy atom. The summed E-state index contributed by atoms with van der Waals surface area (Å²) in [5.41, 5.74) is 2.14. The summed E-state index contributed by atoms with van der Waals surface area (Å²) < 4.78 is 1.82. The van der Waals surface area contributed by atoms with Gasteiger partial charge in [0.1, 0.15) is 12.1 Å². The molecule has 19 heavy (non-hydrogen) atoms. The standard InChI is InChI=1S/C13H20N6/c1-10-5-13(16-9-15-10)14-7-12(18(2)3)11-6-17-19(4)8-11/h5-6,8-9,12H,7H2,1-4H3,(H,14,15,16). The van der Waals surface area contributed by atoms with E-state index in [-0.39, 0.29) is 6.04 Å². The first-order valence-electron chi connectivity index (χ1n) is 6.24. The fourth-order valence-corrected chi connectivity index (χ4v) is 1.96. The highest BCUT2D eigenvalue weighted by molar-refractivity contribution is 5.35. The van der Waals surface area contributed by atoms with E-state index in [4.69, 9.17) is 0 Å². The van der Waals surface area contributed by atoms with Crippen LogP contribution in [0.2, 0.25) is 0 Å². The molecule has 0 aromatic carbocycles. The van der Waals surface area contributed by atoms with Crippen LogP contribution in [0, 0.1) is 6.92 Å². The van der Waals surface area contributed by atoms with E-state index >= 15 is 0 Å². The fourth-order valence-electron chi connectivity index (χ4n) is 1.96. The van der Waals surface area contributed by atoms with Crippen molar-refractivity contribution in [2.45, 2.75) is 13.0 Å². The van der Waals surface area contributed by atoms with Crippen molar-refractivity contribution in [3.05, 3.63) is 36.0 Å². The van der Waals surface area contributed by atoms with Gasteiger partial charge in [-0.05, 0) is 21.0 Å². The average Bonchev–Trinajstić information content (AvgIpc) is 2.76. The van der Waals surface area contributed by atoms with Crippen LogP contribution in [0.1, 0.15) is 17.3 Å². The molecule has 0 aliphatic carbocycles. The molecule has 0 bridgehead atoms. The monoisotopic (exact) mass is 260 g/mol. The molecule has 2 aromatic heterocycles. The van der Waals surface area contributed by atoms with Gasteiger partial charge in [0.15, 0.2) is 0 Å². The van der Waals surface area contributed by atoms with Gasteiger partial charge in [0.05, 0.1) is 12.2 Å². The van der Waals surface area contributed by atoms with Crippen molar-refractivity contribution in [3.63, 3.8) is 0 Å². The Bertz CT molecular complexity index is 533. The number of rotatable bonds is 5. The predicted octanol–water partition coefficient (Wildman–Crippen LogP) is 1.23. The summed E-state index contributed by atoms with van der Waals surface area (Å²) in [5.74, 6) is 0.850. The first kappa shape index (κ1) is 13.5. The maximum absolute atomic E-state index is 4.23. The summed E-state index contributed by atoms with van der Waals surface area (Å²) >= 11 is 0. The molecule has 6 nitrogen and oxygen atoms in total. The molecule has 2 rings (SSSR count). The van der Waals surface area contributed by atoms with Crippen LogP contribution in [0.15, 0.2) is 24.8 Å². The first-order chi connectivity index (χ1) is 9.06. The molecule has 2 heterocycles. The number of hydrogen-bond acceptors (Lipinski definition) is 5. The highest BCUT2D eigenvalue weighted by atomic mass is 15.2. The molecule has 1 unspecified atom stereocenters. The van der Waals surface area contributed by atoms with E-state index in [0.717, 1.165) is 18.1 Å². The first-order valence-corrected chi connectivity index (χ1v) is 6.24.